The molecule has 5 aromatic heterocycles. The molecule has 11 aromatic carbocycles. The molecule has 0 aliphatic heterocycles. The van der Waals surface area contributed by atoms with E-state index in [2.05, 4.69) is 4.85 Å². The van der Waals surface area contributed by atoms with Crippen molar-refractivity contribution in [1.82, 2.24) is 33.2 Å². The first-order valence-electron chi connectivity index (χ1n) is 32.9. The van der Waals surface area contributed by atoms with Crippen molar-refractivity contribution in [3.8, 4) is 56.9 Å². The molecule has 8 heteroatoms. The van der Waals surface area contributed by atoms with E-state index in [0.717, 1.165) is 0 Å². The van der Waals surface area contributed by atoms with E-state index in [1.54, 1.807) is 155 Å². The number of hydrogen-bond donors (Lipinski definition) is 0. The van der Waals surface area contributed by atoms with Crippen LogP contribution < -0.4 is 0 Å². The van der Waals surface area contributed by atoms with Crippen LogP contribution in [0.5, 0.6) is 0 Å². The first-order chi connectivity index (χ1) is 45.4. The summed E-state index contributed by atoms with van der Waals surface area (Å²) in [4.78, 5) is 20.6. The Bertz CT molecular complexity index is 6090. The normalized spacial score (nSPS) is 14.7. The lowest BCUT2D eigenvalue weighted by Gasteiger charge is -2.29. The molecular formula is C70H42N8. The summed E-state index contributed by atoms with van der Waals surface area (Å²) in [6, 6.07) is 36.2. The van der Waals surface area contributed by atoms with E-state index in [1.807, 2.05) is 12.1 Å². The highest BCUT2D eigenvalue weighted by Crippen LogP contribution is 2.54. The number of hydrogen-bond acceptors (Lipinski definition) is 3. The second-order valence-electron chi connectivity index (χ2n) is 18.6. The van der Waals surface area contributed by atoms with E-state index in [9.17, 15) is 25.8 Å². The molecule has 0 N–H and O–H groups in total. The minimum Gasteiger partial charge on any atom is -0.318 e. The van der Waals surface area contributed by atoms with Crippen molar-refractivity contribution in [3.05, 3.63) is 266 Å². The number of fused-ring (bicyclic) bond motifs is 12. The predicted octanol–water partition coefficient (Wildman–Crippen LogP) is 17.8. The topological polar surface area (TPSA) is 62.8 Å². The van der Waals surface area contributed by atoms with Crippen molar-refractivity contribution >= 4 is 92.9 Å². The largest absolute Gasteiger partial charge is 0.318 e. The summed E-state index contributed by atoms with van der Waals surface area (Å²) in [6.45, 7) is 10.1. The molecule has 0 saturated heterocycles. The fourth-order valence-corrected chi connectivity index (χ4v) is 11.4. The van der Waals surface area contributed by atoms with Crippen molar-refractivity contribution in [3.63, 3.8) is 0 Å². The number of aromatic nitrogens is 7. The Morgan fingerprint density at radius 2 is 0.603 bits per heavy atom. The van der Waals surface area contributed by atoms with Crippen LogP contribution in [0.1, 0.15) is 21.9 Å². The van der Waals surface area contributed by atoms with Crippen LogP contribution in [0, 0.1) is 6.57 Å². The summed E-state index contributed by atoms with van der Waals surface area (Å²) in [6.07, 6.45) is 0. The van der Waals surface area contributed by atoms with Gasteiger partial charge in [-0.3, -0.25) is 0 Å². The van der Waals surface area contributed by atoms with E-state index in [-0.39, 0.29) is 117 Å². The molecule has 362 valence electrons. The lowest BCUT2D eigenvalue weighted by molar-refractivity contribution is 1.02. The second-order valence-corrected chi connectivity index (χ2v) is 18.6. The Balaban J connectivity index is 1.35. The van der Waals surface area contributed by atoms with Crippen LogP contribution in [0.15, 0.2) is 254 Å². The Morgan fingerprint density at radius 3 is 0.987 bits per heavy atom. The molecule has 0 fully saturated rings. The SMILES string of the molecule is [2H]c1c([2H])c([2H])c2c(c1[2H])c1ccccc1n2-c1c([N+]#[C-])c(-n2c3ccccc3c3c([2H])c([2H])c([2H])c([2H])c32)c(-n2c3ccccc3c3c([2H])c([2H])c([2H])c([2H])c32)c(-n2c3ccccc3c3c([2H])c([2H])c([2H])c([2H])c32)c1-c1nc(-c2ccccc2)nc(-c2ccccc2)n1. The van der Waals surface area contributed by atoms with Crippen LogP contribution in [0.25, 0.3) is 149 Å². The van der Waals surface area contributed by atoms with Crippen molar-refractivity contribution in [2.24, 2.45) is 0 Å². The van der Waals surface area contributed by atoms with Gasteiger partial charge in [-0.15, -0.1) is 0 Å². The van der Waals surface area contributed by atoms with Gasteiger partial charge >= 0.3 is 0 Å². The van der Waals surface area contributed by atoms with E-state index >= 15 is 0 Å². The Hall–Kier alpha value is -10.9. The third-order valence-corrected chi connectivity index (χ3v) is 14.5. The fourth-order valence-electron chi connectivity index (χ4n) is 11.4. The molecule has 0 atom stereocenters. The molecule has 0 saturated carbocycles. The maximum atomic E-state index is 10.2. The fraction of sp³-hybridized carbons (Fsp3) is 0. The third-order valence-electron chi connectivity index (χ3n) is 14.5. The molecule has 0 spiro atoms. The lowest BCUT2D eigenvalue weighted by atomic mass is 10.00. The molecule has 0 bridgehead atoms. The van der Waals surface area contributed by atoms with Gasteiger partial charge in [-0.1, -0.05) is 206 Å². The minimum absolute atomic E-state index is 0.0224. The Kier molecular flexibility index (Phi) is 6.67. The zero-order chi connectivity index (χ0) is 65.3. The smallest absolute Gasteiger partial charge is 0.236 e. The number of rotatable bonds is 7. The van der Waals surface area contributed by atoms with Gasteiger partial charge in [0.1, 0.15) is 0 Å². The predicted molar refractivity (Wildman–Crippen MR) is 320 cm³/mol. The van der Waals surface area contributed by atoms with Crippen molar-refractivity contribution in [1.29, 1.82) is 0 Å². The van der Waals surface area contributed by atoms with E-state index in [1.165, 1.54) is 9.13 Å². The highest BCUT2D eigenvalue weighted by Gasteiger charge is 2.36. The van der Waals surface area contributed by atoms with Crippen LogP contribution in [-0.2, 0) is 0 Å². The van der Waals surface area contributed by atoms with E-state index < -0.39 is 102 Å². The molecule has 0 aliphatic rings. The zero-order valence-corrected chi connectivity index (χ0v) is 40.6. The summed E-state index contributed by atoms with van der Waals surface area (Å²) in [5, 5.41) is 1.30. The van der Waals surface area contributed by atoms with Gasteiger partial charge in [-0.25, -0.2) is 19.8 Å². The molecule has 78 heavy (non-hydrogen) atoms. The van der Waals surface area contributed by atoms with E-state index in [0.29, 0.717) is 27.3 Å². The summed E-state index contributed by atoms with van der Waals surface area (Å²) in [7, 11) is 0. The average Bonchev–Trinajstić information content (AvgIpc) is 1.47. The lowest BCUT2D eigenvalue weighted by Crippen LogP contribution is -2.15. The molecule has 8 nitrogen and oxygen atoms in total. The molecular weight excluding hydrogens is 953 g/mol. The molecule has 0 radical (unpaired) electrons. The van der Waals surface area contributed by atoms with Crippen LogP contribution in [-0.4, -0.2) is 33.2 Å². The quantitative estimate of drug-likeness (QED) is 0.149. The average molecular weight is 1010 g/mol. The summed E-state index contributed by atoms with van der Waals surface area (Å²) in [5.74, 6) is -0.0382. The van der Waals surface area contributed by atoms with Gasteiger partial charge in [0.15, 0.2) is 17.5 Å². The zero-order valence-electron chi connectivity index (χ0n) is 56.6. The van der Waals surface area contributed by atoms with Crippen LogP contribution in [0.4, 0.5) is 5.69 Å². The summed E-state index contributed by atoms with van der Waals surface area (Å²) in [5.41, 5.74) is -0.0365. The Labute approximate surface area is 469 Å². The number of nitrogens with zero attached hydrogens (tertiary/aromatic N) is 8. The van der Waals surface area contributed by atoms with Gasteiger partial charge in [-0.2, -0.15) is 0 Å². The van der Waals surface area contributed by atoms with Gasteiger partial charge in [-0.05, 0) is 48.4 Å². The van der Waals surface area contributed by atoms with Crippen LogP contribution in [0.2, 0.25) is 0 Å². The molecule has 0 amide bonds. The highest BCUT2D eigenvalue weighted by molar-refractivity contribution is 6.18. The first-order valence-corrected chi connectivity index (χ1v) is 24.9. The van der Waals surface area contributed by atoms with Gasteiger partial charge in [0.2, 0.25) is 5.69 Å². The number of para-hydroxylation sites is 8. The highest BCUT2D eigenvalue weighted by atomic mass is 15.2. The van der Waals surface area contributed by atoms with Crippen LogP contribution in [0.3, 0.4) is 0 Å². The van der Waals surface area contributed by atoms with E-state index in [4.69, 9.17) is 17.7 Å². The molecule has 5 heterocycles. The standard InChI is InChI=1S/C70H42N8/c1-71-63-64(75-54-36-16-8-28-46(54)47-29-9-17-37-55(47)75)62(70-73-68(44-24-4-2-5-25-44)72-69(74-70)45-26-6-3-7-27-45)65(76-56-38-18-10-30-48(56)49-31-11-19-39-57(49)76)67(78-60-42-22-14-34-52(60)53-35-15-23-43-61(53)78)66(63)77-58-40-20-12-32-50(58)51-33-13-21-41-59(51)77/h2-43H/i8D,10D,12D,14D,16D,18D,20D,22D,28D,30D,32D,34D,36D,38D,40D,42D. The van der Waals surface area contributed by atoms with Crippen LogP contribution >= 0.6 is 0 Å². The maximum absolute atomic E-state index is 10.2. The monoisotopic (exact) mass is 1010 g/mol. The number of benzene rings is 11. The Morgan fingerprint density at radius 1 is 0.295 bits per heavy atom. The summed E-state index contributed by atoms with van der Waals surface area (Å²) < 4.78 is 161. The first kappa shape index (κ1) is 30.5. The van der Waals surface area contributed by atoms with Gasteiger partial charge in [0, 0.05) is 54.2 Å². The van der Waals surface area contributed by atoms with Crippen molar-refractivity contribution < 1.29 is 21.9 Å². The van der Waals surface area contributed by atoms with Gasteiger partial charge < -0.3 is 18.3 Å². The van der Waals surface area contributed by atoms with Crippen molar-refractivity contribution in [2.45, 2.75) is 0 Å². The second kappa shape index (κ2) is 17.1. The molecule has 0 aliphatic carbocycles. The van der Waals surface area contributed by atoms with Crippen molar-refractivity contribution in [2.75, 3.05) is 0 Å². The van der Waals surface area contributed by atoms with Gasteiger partial charge in [0.25, 0.3) is 0 Å². The summed E-state index contributed by atoms with van der Waals surface area (Å²) >= 11 is 0. The molecule has 16 aromatic rings. The molecule has 0 unspecified atom stereocenters. The minimum atomic E-state index is -0.653. The van der Waals surface area contributed by atoms with Gasteiger partial charge in [0.05, 0.1) is 101 Å². The maximum Gasteiger partial charge on any atom is 0.236 e. The third kappa shape index (κ3) is 6.24. The molecule has 16 rings (SSSR count).